The van der Waals surface area contributed by atoms with E-state index in [-0.39, 0.29) is 53.4 Å². The third-order valence-corrected chi connectivity index (χ3v) is 13.4. The van der Waals surface area contributed by atoms with Gasteiger partial charge in [0.2, 0.25) is 17.6 Å². The molecule has 1 aromatic heterocycles. The lowest BCUT2D eigenvalue weighted by Crippen LogP contribution is -2.50. The number of carbonyl (C=O) groups is 6. The van der Waals surface area contributed by atoms with Crippen LogP contribution in [0.2, 0.25) is 5.02 Å². The van der Waals surface area contributed by atoms with Crippen molar-refractivity contribution >= 4 is 53.1 Å². The Morgan fingerprint density at radius 3 is 2.00 bits per heavy atom. The number of ether oxygens (including phenoxy) is 2. The Hall–Kier alpha value is -6.77. The monoisotopic (exact) mass is 1070 g/mol. The Bertz CT molecular complexity index is 2710. The van der Waals surface area contributed by atoms with Crippen LogP contribution >= 0.6 is 11.6 Å². The number of rotatable bonds is 15. The number of alkyl carbamates (subject to hydrolysis) is 1. The Morgan fingerprint density at radius 1 is 0.813 bits per heavy atom. The largest absolute Gasteiger partial charge is 0.444 e. The van der Waals surface area contributed by atoms with Gasteiger partial charge in [0.25, 0.3) is 11.8 Å². The summed E-state index contributed by atoms with van der Waals surface area (Å²) < 4.78 is 69.6. The standard InChI is InChI=1S/C53H66ClF4N9O8/c1-30-38(44(69)60-37-24-26-67(27-25-37)49(73)75-51(5,6)7)22-23-39(41(30)54)33-14-10-31(11-15-33)28-40(62-43(68)35-16-12-32(13-17-35)29-59-48(72)74-50(2,3)4)45(70)61-36-20-18-34(19-21-36)42-63-46(65-64-42)52(55,56)53(57,58)47(71)66(8)9/h10-11,14-15,18-23,32,35,37,40H,12-13,16-17,24-29H2,1-9H3,(H,59,72)(H,60,69)(H,61,70)(H,62,68)(H,63,64,65)/t32?,35?,40-/m0/s1. The maximum absolute atomic E-state index is 14.9. The van der Waals surface area contributed by atoms with E-state index in [1.807, 2.05) is 38.0 Å². The number of nitrogens with one attached hydrogen (secondary N) is 5. The number of piperidine rings is 1. The molecule has 22 heteroatoms. The lowest BCUT2D eigenvalue weighted by molar-refractivity contribution is -0.224. The molecule has 6 amide bonds. The minimum atomic E-state index is -5.12. The summed E-state index contributed by atoms with van der Waals surface area (Å²) in [4.78, 5) is 83.7. The Morgan fingerprint density at radius 2 is 1.41 bits per heavy atom. The van der Waals surface area contributed by atoms with Crippen molar-refractivity contribution in [1.82, 2.24) is 40.9 Å². The Kier molecular flexibility index (Phi) is 18.0. The van der Waals surface area contributed by atoms with Crippen molar-refractivity contribution in [2.24, 2.45) is 11.8 Å². The highest BCUT2D eigenvalue weighted by Gasteiger charge is 2.65. The molecule has 6 rings (SSSR count). The molecule has 1 atom stereocenters. The zero-order valence-electron chi connectivity index (χ0n) is 43.6. The van der Waals surface area contributed by atoms with Crippen molar-refractivity contribution in [1.29, 1.82) is 0 Å². The zero-order chi connectivity index (χ0) is 55.2. The first-order valence-electron chi connectivity index (χ1n) is 24.8. The van der Waals surface area contributed by atoms with Crippen LogP contribution < -0.4 is 21.3 Å². The quantitative estimate of drug-likeness (QED) is 0.0712. The third-order valence-electron chi connectivity index (χ3n) is 12.9. The minimum Gasteiger partial charge on any atom is -0.444 e. The summed E-state index contributed by atoms with van der Waals surface area (Å²) in [7, 11) is 1.84. The number of likely N-dealkylation sites (tertiary alicyclic amines) is 1. The lowest BCUT2D eigenvalue weighted by Gasteiger charge is -2.33. The first-order valence-corrected chi connectivity index (χ1v) is 25.2. The summed E-state index contributed by atoms with van der Waals surface area (Å²) in [6, 6.07) is 15.1. The van der Waals surface area contributed by atoms with E-state index in [9.17, 15) is 46.3 Å². The van der Waals surface area contributed by atoms with E-state index >= 15 is 0 Å². The van der Waals surface area contributed by atoms with Crippen molar-refractivity contribution in [3.63, 3.8) is 0 Å². The number of aromatic nitrogens is 3. The molecule has 1 aliphatic heterocycles. The Balaban J connectivity index is 1.13. The molecule has 17 nitrogen and oxygen atoms in total. The molecule has 2 fully saturated rings. The summed E-state index contributed by atoms with van der Waals surface area (Å²) in [6.45, 7) is 13.8. The molecule has 2 heterocycles. The van der Waals surface area contributed by atoms with Crippen molar-refractivity contribution in [2.45, 2.75) is 129 Å². The number of carbonyl (C=O) groups excluding carboxylic acids is 6. The van der Waals surface area contributed by atoms with Gasteiger partial charge in [0.1, 0.15) is 17.2 Å². The summed E-state index contributed by atoms with van der Waals surface area (Å²) in [5, 5.41) is 17.5. The molecule has 1 saturated heterocycles. The molecule has 1 aliphatic carbocycles. The van der Waals surface area contributed by atoms with Crippen LogP contribution in [0.3, 0.4) is 0 Å². The third kappa shape index (κ3) is 14.8. The fraction of sp³-hybridized carbons (Fsp3) is 0.509. The Labute approximate surface area is 438 Å². The number of H-pyrrole nitrogens is 1. The number of nitrogens with zero attached hydrogens (tertiary/aromatic N) is 4. The second-order valence-corrected chi connectivity index (χ2v) is 21.7. The van der Waals surface area contributed by atoms with Gasteiger partial charge in [-0.3, -0.25) is 24.3 Å². The van der Waals surface area contributed by atoms with Gasteiger partial charge < -0.3 is 40.5 Å². The number of alkyl halides is 4. The molecule has 0 spiro atoms. The van der Waals surface area contributed by atoms with E-state index in [1.165, 1.54) is 24.3 Å². The molecule has 406 valence electrons. The highest BCUT2D eigenvalue weighted by molar-refractivity contribution is 6.34. The first kappa shape index (κ1) is 57.5. The number of halogens is 5. The predicted octanol–water partition coefficient (Wildman–Crippen LogP) is 9.04. The van der Waals surface area contributed by atoms with Gasteiger partial charge >= 0.3 is 24.0 Å². The molecule has 0 bridgehead atoms. The van der Waals surface area contributed by atoms with Gasteiger partial charge in [0.05, 0.1) is 5.02 Å². The molecule has 5 N–H and O–H groups in total. The number of benzene rings is 3. The molecule has 3 aromatic carbocycles. The number of amides is 6. The van der Waals surface area contributed by atoms with Crippen LogP contribution in [0.5, 0.6) is 0 Å². The van der Waals surface area contributed by atoms with Crippen LogP contribution in [-0.2, 0) is 36.2 Å². The van der Waals surface area contributed by atoms with Crippen molar-refractivity contribution in [2.75, 3.05) is 39.0 Å². The SMILES string of the molecule is Cc1c(C(=O)NC2CCN(C(=O)OC(C)(C)C)CC2)ccc(-c2ccc(C[C@H](NC(=O)C3CCC(CNC(=O)OC(C)(C)C)CC3)C(=O)Nc3ccc(-c4n[nH]c(C(F)(F)C(F)(F)C(=O)N(C)C)n4)cc3)cc2)c1Cl. The molecule has 0 radical (unpaired) electrons. The minimum absolute atomic E-state index is 0.0583. The normalized spacial score (nSPS) is 17.1. The number of aromatic amines is 1. The average Bonchev–Trinajstić information content (AvgIpc) is 3.85. The maximum atomic E-state index is 14.9. The van der Waals surface area contributed by atoms with Crippen LogP contribution in [0, 0.1) is 18.8 Å². The van der Waals surface area contributed by atoms with E-state index in [0.717, 1.165) is 19.7 Å². The number of anilines is 1. The van der Waals surface area contributed by atoms with Gasteiger partial charge in [-0.1, -0.05) is 41.9 Å². The van der Waals surface area contributed by atoms with Crippen molar-refractivity contribution < 1.29 is 55.8 Å². The molecule has 0 unspecified atom stereocenters. The highest BCUT2D eigenvalue weighted by Crippen LogP contribution is 2.43. The summed E-state index contributed by atoms with van der Waals surface area (Å²) >= 11 is 6.92. The lowest BCUT2D eigenvalue weighted by atomic mass is 9.81. The fourth-order valence-electron chi connectivity index (χ4n) is 8.70. The predicted molar refractivity (Wildman–Crippen MR) is 273 cm³/mol. The van der Waals surface area contributed by atoms with Crippen LogP contribution in [-0.4, -0.2) is 124 Å². The van der Waals surface area contributed by atoms with E-state index in [1.54, 1.807) is 56.9 Å². The summed E-state index contributed by atoms with van der Waals surface area (Å²) in [5.41, 5.74) is 2.18. The first-order chi connectivity index (χ1) is 35.0. The van der Waals surface area contributed by atoms with Gasteiger partial charge in [0.15, 0.2) is 5.82 Å². The van der Waals surface area contributed by atoms with Gasteiger partial charge in [0, 0.05) is 74.5 Å². The van der Waals surface area contributed by atoms with Crippen LogP contribution in [0.1, 0.15) is 107 Å². The molecule has 2 aliphatic rings. The zero-order valence-corrected chi connectivity index (χ0v) is 44.4. The topological polar surface area (TPSA) is 217 Å². The van der Waals surface area contributed by atoms with E-state index in [4.69, 9.17) is 21.1 Å². The summed E-state index contributed by atoms with van der Waals surface area (Å²) in [6.07, 6.45) is 2.64. The molecule has 75 heavy (non-hydrogen) atoms. The van der Waals surface area contributed by atoms with E-state index < -0.39 is 58.7 Å². The number of hydrogen-bond donors (Lipinski definition) is 5. The van der Waals surface area contributed by atoms with Crippen molar-refractivity contribution in [3.8, 4) is 22.5 Å². The molecular weight excluding hydrogens is 1000 g/mol. The van der Waals surface area contributed by atoms with E-state index in [2.05, 4.69) is 31.3 Å². The van der Waals surface area contributed by atoms with Gasteiger partial charge in [-0.2, -0.15) is 22.7 Å². The van der Waals surface area contributed by atoms with Crippen molar-refractivity contribution in [3.05, 3.63) is 88.2 Å². The second kappa shape index (κ2) is 23.4. The molecule has 4 aromatic rings. The summed E-state index contributed by atoms with van der Waals surface area (Å²) in [5.74, 6) is -15.6. The smallest absolute Gasteiger partial charge is 0.410 e. The van der Waals surface area contributed by atoms with Gasteiger partial charge in [-0.05, 0) is 140 Å². The molecule has 1 saturated carbocycles. The van der Waals surface area contributed by atoms with Crippen LogP contribution in [0.25, 0.3) is 22.5 Å². The fourth-order valence-corrected chi connectivity index (χ4v) is 8.98. The van der Waals surface area contributed by atoms with Crippen LogP contribution in [0.15, 0.2) is 60.7 Å². The average molecular weight is 1070 g/mol. The highest BCUT2D eigenvalue weighted by atomic mass is 35.5. The van der Waals surface area contributed by atoms with E-state index in [0.29, 0.717) is 90.3 Å². The van der Waals surface area contributed by atoms with Gasteiger partial charge in [-0.25, -0.2) is 14.6 Å². The van der Waals surface area contributed by atoms with Gasteiger partial charge in [-0.15, -0.1) is 0 Å². The molecular formula is C53H66ClF4N9O8. The maximum Gasteiger partial charge on any atom is 0.410 e. The van der Waals surface area contributed by atoms with Crippen LogP contribution in [0.4, 0.5) is 32.8 Å². The number of hydrogen-bond acceptors (Lipinski definition) is 10. The second-order valence-electron chi connectivity index (χ2n) is 21.3.